The van der Waals surface area contributed by atoms with Gasteiger partial charge in [0.1, 0.15) is 0 Å². The van der Waals surface area contributed by atoms with Crippen LogP contribution in [-0.4, -0.2) is 17.1 Å². The highest BCUT2D eigenvalue weighted by molar-refractivity contribution is 7.13. The standard InChI is InChI=1S/C22H19N5OS/c1-22(2,26-27-23)15-8-6-14(7-9-15)20-17(19-5-4-12-29-19)13-16-18(25-20)10-11-24-21(16)28-3/h4-13H,1-3H3. The molecule has 0 aliphatic carbocycles. The van der Waals surface area contributed by atoms with Crippen LogP contribution in [0, 0.1) is 0 Å². The number of hydrogen-bond donors (Lipinski definition) is 0. The van der Waals surface area contributed by atoms with Crippen LogP contribution in [0.15, 0.2) is 65.2 Å². The van der Waals surface area contributed by atoms with E-state index >= 15 is 0 Å². The van der Waals surface area contributed by atoms with Crippen LogP contribution >= 0.6 is 11.3 Å². The highest BCUT2D eigenvalue weighted by atomic mass is 32.1. The molecule has 0 spiro atoms. The SMILES string of the molecule is COc1nccc2nc(-c3ccc(C(C)(C)N=[N+]=[N-])cc3)c(-c3cccs3)cc12. The highest BCUT2D eigenvalue weighted by Crippen LogP contribution is 2.38. The van der Waals surface area contributed by atoms with E-state index in [9.17, 15) is 0 Å². The molecule has 29 heavy (non-hydrogen) atoms. The lowest BCUT2D eigenvalue weighted by molar-refractivity contribution is 0.403. The highest BCUT2D eigenvalue weighted by Gasteiger charge is 2.20. The van der Waals surface area contributed by atoms with Crippen LogP contribution in [-0.2, 0) is 5.54 Å². The molecule has 0 N–H and O–H groups in total. The molecule has 0 aliphatic rings. The molecule has 0 fully saturated rings. The molecule has 3 heterocycles. The maximum Gasteiger partial charge on any atom is 0.222 e. The summed E-state index contributed by atoms with van der Waals surface area (Å²) in [6, 6.07) is 16.1. The van der Waals surface area contributed by atoms with Gasteiger partial charge in [0.25, 0.3) is 0 Å². The number of hydrogen-bond acceptors (Lipinski definition) is 5. The van der Waals surface area contributed by atoms with Crippen LogP contribution in [0.2, 0.25) is 0 Å². The summed E-state index contributed by atoms with van der Waals surface area (Å²) in [5, 5.41) is 6.82. The van der Waals surface area contributed by atoms with E-state index in [1.807, 2.05) is 50.2 Å². The second kappa shape index (κ2) is 7.54. The van der Waals surface area contributed by atoms with E-state index in [0.717, 1.165) is 38.2 Å². The lowest BCUT2D eigenvalue weighted by Crippen LogP contribution is -2.12. The Morgan fingerprint density at radius 1 is 1.14 bits per heavy atom. The first-order valence-electron chi connectivity index (χ1n) is 9.08. The zero-order chi connectivity index (χ0) is 20.4. The van der Waals surface area contributed by atoms with Crippen LogP contribution < -0.4 is 4.74 Å². The maximum atomic E-state index is 8.82. The fourth-order valence-corrected chi connectivity index (χ4v) is 4.02. The van der Waals surface area contributed by atoms with Crippen molar-refractivity contribution in [2.24, 2.45) is 5.11 Å². The second-order valence-electron chi connectivity index (χ2n) is 7.07. The Morgan fingerprint density at radius 2 is 1.93 bits per heavy atom. The predicted octanol–water partition coefficient (Wildman–Crippen LogP) is 6.58. The molecule has 0 bridgehead atoms. The van der Waals surface area contributed by atoms with Crippen LogP contribution in [0.5, 0.6) is 5.88 Å². The number of ether oxygens (including phenoxy) is 1. The van der Waals surface area contributed by atoms with Gasteiger partial charge in [0, 0.05) is 27.1 Å². The number of fused-ring (bicyclic) bond motifs is 1. The third-order valence-corrected chi connectivity index (χ3v) is 5.75. The summed E-state index contributed by atoms with van der Waals surface area (Å²) in [5.41, 5.74) is 12.9. The van der Waals surface area contributed by atoms with Crippen molar-refractivity contribution in [2.45, 2.75) is 19.4 Å². The van der Waals surface area contributed by atoms with Crippen molar-refractivity contribution < 1.29 is 4.74 Å². The monoisotopic (exact) mass is 401 g/mol. The Hall–Kier alpha value is -3.41. The fraction of sp³-hybridized carbons (Fsp3) is 0.182. The zero-order valence-electron chi connectivity index (χ0n) is 16.3. The van der Waals surface area contributed by atoms with Gasteiger partial charge in [-0.3, -0.25) is 0 Å². The van der Waals surface area contributed by atoms with Gasteiger partial charge < -0.3 is 4.74 Å². The van der Waals surface area contributed by atoms with Crippen LogP contribution in [0.3, 0.4) is 0 Å². The summed E-state index contributed by atoms with van der Waals surface area (Å²) >= 11 is 1.66. The summed E-state index contributed by atoms with van der Waals surface area (Å²) in [4.78, 5) is 13.3. The minimum absolute atomic E-state index is 0.561. The molecule has 0 atom stereocenters. The molecule has 0 saturated heterocycles. The predicted molar refractivity (Wildman–Crippen MR) is 117 cm³/mol. The van der Waals surface area contributed by atoms with Gasteiger partial charge in [0.15, 0.2) is 0 Å². The summed E-state index contributed by atoms with van der Waals surface area (Å²) in [6.45, 7) is 3.79. The summed E-state index contributed by atoms with van der Waals surface area (Å²) in [6.07, 6.45) is 1.70. The van der Waals surface area contributed by atoms with Gasteiger partial charge in [-0.15, -0.1) is 11.3 Å². The van der Waals surface area contributed by atoms with Crippen molar-refractivity contribution in [3.8, 4) is 27.6 Å². The summed E-state index contributed by atoms with van der Waals surface area (Å²) < 4.78 is 5.43. The van der Waals surface area contributed by atoms with E-state index < -0.39 is 5.54 Å². The third-order valence-electron chi connectivity index (χ3n) is 4.85. The molecule has 0 radical (unpaired) electrons. The number of azide groups is 1. The van der Waals surface area contributed by atoms with E-state index in [0.29, 0.717) is 5.88 Å². The zero-order valence-corrected chi connectivity index (χ0v) is 17.1. The van der Waals surface area contributed by atoms with Crippen LogP contribution in [0.1, 0.15) is 19.4 Å². The number of methoxy groups -OCH3 is 1. The number of benzene rings is 1. The van der Waals surface area contributed by atoms with Gasteiger partial charge in [0.05, 0.1) is 29.2 Å². The van der Waals surface area contributed by atoms with E-state index in [4.69, 9.17) is 15.3 Å². The van der Waals surface area contributed by atoms with Crippen molar-refractivity contribution in [1.29, 1.82) is 0 Å². The van der Waals surface area contributed by atoms with Crippen molar-refractivity contribution >= 4 is 22.2 Å². The van der Waals surface area contributed by atoms with Crippen molar-refractivity contribution in [1.82, 2.24) is 9.97 Å². The maximum absolute atomic E-state index is 8.82. The molecular formula is C22H19N5OS. The first-order valence-corrected chi connectivity index (χ1v) is 9.96. The number of thiophene rings is 1. The Bertz CT molecular complexity index is 1210. The average molecular weight is 401 g/mol. The van der Waals surface area contributed by atoms with Gasteiger partial charge in [-0.2, -0.15) is 0 Å². The van der Waals surface area contributed by atoms with Gasteiger partial charge in [0.2, 0.25) is 5.88 Å². The van der Waals surface area contributed by atoms with E-state index in [1.54, 1.807) is 24.6 Å². The molecule has 3 aromatic heterocycles. The fourth-order valence-electron chi connectivity index (χ4n) is 3.28. The molecule has 0 saturated carbocycles. The average Bonchev–Trinajstić information content (AvgIpc) is 3.27. The smallest absolute Gasteiger partial charge is 0.222 e. The molecule has 4 rings (SSSR count). The molecule has 7 heteroatoms. The third kappa shape index (κ3) is 3.53. The molecule has 6 nitrogen and oxygen atoms in total. The Kier molecular flexibility index (Phi) is 4.92. The second-order valence-corrected chi connectivity index (χ2v) is 8.02. The number of nitrogens with zero attached hydrogens (tertiary/aromatic N) is 5. The first kappa shape index (κ1) is 18.9. The summed E-state index contributed by atoms with van der Waals surface area (Å²) in [7, 11) is 1.62. The van der Waals surface area contributed by atoms with Crippen molar-refractivity contribution in [2.75, 3.05) is 7.11 Å². The van der Waals surface area contributed by atoms with E-state index in [-0.39, 0.29) is 0 Å². The van der Waals surface area contributed by atoms with Crippen molar-refractivity contribution in [3.05, 3.63) is 76.1 Å². The van der Waals surface area contributed by atoms with Gasteiger partial charge in [-0.1, -0.05) is 49.3 Å². The Morgan fingerprint density at radius 3 is 2.59 bits per heavy atom. The van der Waals surface area contributed by atoms with E-state index in [2.05, 4.69) is 32.5 Å². The number of aromatic nitrogens is 2. The van der Waals surface area contributed by atoms with Crippen molar-refractivity contribution in [3.63, 3.8) is 0 Å². The molecule has 144 valence electrons. The van der Waals surface area contributed by atoms with Crippen LogP contribution in [0.25, 0.3) is 43.0 Å². The molecule has 0 aliphatic heterocycles. The molecule has 0 unspecified atom stereocenters. The minimum Gasteiger partial charge on any atom is -0.481 e. The largest absolute Gasteiger partial charge is 0.481 e. The molecule has 0 amide bonds. The summed E-state index contributed by atoms with van der Waals surface area (Å²) in [5.74, 6) is 0.561. The topological polar surface area (TPSA) is 83.8 Å². The van der Waals surface area contributed by atoms with E-state index in [1.165, 1.54) is 0 Å². The van der Waals surface area contributed by atoms with Gasteiger partial charge >= 0.3 is 0 Å². The number of rotatable bonds is 5. The minimum atomic E-state index is -0.611. The lowest BCUT2D eigenvalue weighted by Gasteiger charge is -2.19. The lowest BCUT2D eigenvalue weighted by atomic mass is 9.93. The first-order chi connectivity index (χ1) is 14.0. The molecule has 1 aromatic carbocycles. The van der Waals surface area contributed by atoms with Crippen LogP contribution in [0.4, 0.5) is 0 Å². The Balaban J connectivity index is 1.91. The normalized spacial score (nSPS) is 11.3. The Labute approximate surface area is 172 Å². The molecular weight excluding hydrogens is 382 g/mol. The van der Waals surface area contributed by atoms with Gasteiger partial charge in [-0.05, 0) is 34.7 Å². The quantitative estimate of drug-likeness (QED) is 0.215. The number of pyridine rings is 2. The molecule has 4 aromatic rings. The van der Waals surface area contributed by atoms with Gasteiger partial charge in [-0.25, -0.2) is 9.97 Å².